The van der Waals surface area contributed by atoms with E-state index in [4.69, 9.17) is 25.8 Å². The van der Waals surface area contributed by atoms with Gasteiger partial charge in [0, 0.05) is 46.1 Å². The summed E-state index contributed by atoms with van der Waals surface area (Å²) in [5.74, 6) is 2.18. The highest BCUT2D eigenvalue weighted by atomic mass is 35.5. The molecule has 0 atom stereocenters. The molecule has 9 nitrogen and oxygen atoms in total. The van der Waals surface area contributed by atoms with Crippen molar-refractivity contribution in [2.45, 2.75) is 76.2 Å². The number of allylic oxidation sites excluding steroid dienone is 8. The predicted molar refractivity (Wildman–Crippen MR) is 215 cm³/mol. The number of hydrogen-bond acceptors (Lipinski definition) is 8. The number of likely N-dealkylation sites (N-methyl/N-ethyl adjacent to an activating group) is 1. The van der Waals surface area contributed by atoms with Gasteiger partial charge >= 0.3 is 0 Å². The van der Waals surface area contributed by atoms with Gasteiger partial charge in [-0.2, -0.15) is 4.58 Å². The van der Waals surface area contributed by atoms with Crippen LogP contribution in [0.1, 0.15) is 69.2 Å². The van der Waals surface area contributed by atoms with E-state index < -0.39 is 10.1 Å². The summed E-state index contributed by atoms with van der Waals surface area (Å²) in [5.41, 5.74) is 10.5. The molecule has 0 saturated carbocycles. The zero-order valence-electron chi connectivity index (χ0n) is 32.8. The van der Waals surface area contributed by atoms with Gasteiger partial charge in [-0.15, -0.1) is 0 Å². The second-order valence-electron chi connectivity index (χ2n) is 14.9. The molecule has 0 unspecified atom stereocenters. The molecule has 0 saturated heterocycles. The Bertz CT molecular complexity index is 2210. The molecule has 0 bridgehead atoms. The van der Waals surface area contributed by atoms with E-state index in [9.17, 15) is 18.1 Å². The van der Waals surface area contributed by atoms with E-state index in [1.54, 1.807) is 33.5 Å². The van der Waals surface area contributed by atoms with Crippen LogP contribution in [0.3, 0.4) is 0 Å². The number of benzene rings is 3. The lowest BCUT2D eigenvalue weighted by Crippen LogP contribution is -2.26. The standard InChI is InChI=1S/C36H44ClN2O4.C7H8O3S/c1-35(2)25-18-29(41-7)24(21-40)17-27(25)38(5)32(35)15-13-22-11-10-12-23(34(22)37)14-16-33-36(3,4)26-19-30(42-8)31(43-9)20-28(26)39(33)6;1-6-2-4-7(5-3-6)11(8,9)10/h13-20,40H,10-12,21H2,1-9H3;2-5H,1H3,(H,8,9,10)/q+1;/p-1. The van der Waals surface area contributed by atoms with E-state index in [-0.39, 0.29) is 22.3 Å². The molecule has 0 fully saturated rings. The molecule has 0 radical (unpaired) electrons. The minimum absolute atomic E-state index is 0.0644. The fourth-order valence-corrected chi connectivity index (χ4v) is 8.42. The Labute approximate surface area is 325 Å². The van der Waals surface area contributed by atoms with E-state index in [1.807, 2.05) is 13.0 Å². The molecule has 0 spiro atoms. The van der Waals surface area contributed by atoms with Crippen LogP contribution in [0.25, 0.3) is 0 Å². The van der Waals surface area contributed by atoms with Crippen molar-refractivity contribution >= 4 is 38.8 Å². The first kappa shape index (κ1) is 40.8. The number of hydrogen-bond donors (Lipinski definition) is 1. The molecular formula is C43H51ClN2O7S. The van der Waals surface area contributed by atoms with Gasteiger partial charge in [0.1, 0.15) is 22.9 Å². The highest BCUT2D eigenvalue weighted by Gasteiger charge is 2.44. The minimum Gasteiger partial charge on any atom is -0.744 e. The van der Waals surface area contributed by atoms with Crippen LogP contribution in [0.15, 0.2) is 99.6 Å². The zero-order chi connectivity index (χ0) is 39.7. The van der Waals surface area contributed by atoms with E-state index in [0.717, 1.165) is 69.4 Å². The SMILES string of the molecule is COc1cc2c(cc1CO)N(C)C(=CC=C1CCCC(C=CC3=[N+](C)c4cc(OC)c(OC)cc4C3(C)C)=C1Cl)C2(C)C.Cc1ccc(S(=O)(=O)[O-])cc1. The van der Waals surface area contributed by atoms with E-state index in [2.05, 4.69) is 93.8 Å². The number of rotatable bonds is 8. The van der Waals surface area contributed by atoms with Crippen molar-refractivity contribution in [1.29, 1.82) is 0 Å². The average molecular weight is 775 g/mol. The van der Waals surface area contributed by atoms with E-state index >= 15 is 0 Å². The maximum Gasteiger partial charge on any atom is 0.213 e. The second-order valence-corrected chi connectivity index (χ2v) is 16.6. The number of aliphatic hydroxyl groups is 1. The molecule has 288 valence electrons. The minimum atomic E-state index is -4.27. The molecule has 0 amide bonds. The van der Waals surface area contributed by atoms with Gasteiger partial charge in [-0.1, -0.05) is 55.3 Å². The molecule has 6 rings (SSSR count). The van der Waals surface area contributed by atoms with Gasteiger partial charge in [-0.25, -0.2) is 8.42 Å². The lowest BCUT2D eigenvalue weighted by atomic mass is 9.81. The predicted octanol–water partition coefficient (Wildman–Crippen LogP) is 8.58. The Balaban J connectivity index is 0.000000438. The summed E-state index contributed by atoms with van der Waals surface area (Å²) in [5, 5.41) is 10.7. The number of anilines is 1. The summed E-state index contributed by atoms with van der Waals surface area (Å²) in [6.45, 7) is 10.7. The van der Waals surface area contributed by atoms with Gasteiger partial charge < -0.3 is 28.8 Å². The Kier molecular flexibility index (Phi) is 11.9. The van der Waals surface area contributed by atoms with E-state index in [0.29, 0.717) is 5.75 Å². The van der Waals surface area contributed by atoms with Crippen LogP contribution in [-0.4, -0.2) is 63.8 Å². The van der Waals surface area contributed by atoms with Crippen LogP contribution >= 0.6 is 11.6 Å². The Morgan fingerprint density at radius 2 is 1.50 bits per heavy atom. The third-order valence-corrected chi connectivity index (χ3v) is 12.1. The molecule has 3 aromatic rings. The number of fused-ring (bicyclic) bond motifs is 2. The van der Waals surface area contributed by atoms with E-state index in [1.165, 1.54) is 34.7 Å². The molecule has 3 aromatic carbocycles. The normalized spacial score (nSPS) is 18.9. The molecule has 1 N–H and O–H groups in total. The highest BCUT2D eigenvalue weighted by molar-refractivity contribution is 7.85. The summed E-state index contributed by atoms with van der Waals surface area (Å²) in [6, 6.07) is 14.0. The molecule has 0 aromatic heterocycles. The second kappa shape index (κ2) is 15.8. The number of methoxy groups -OCH3 is 3. The Hall–Kier alpha value is -4.35. The fourth-order valence-electron chi connectivity index (χ4n) is 7.64. The van der Waals surface area contributed by atoms with Crippen LogP contribution in [0.4, 0.5) is 11.4 Å². The van der Waals surface area contributed by atoms with Gasteiger partial charge in [0.05, 0.1) is 44.3 Å². The fraction of sp³-hybridized carbons (Fsp3) is 0.372. The number of ether oxygens (including phenoxy) is 3. The number of nitrogens with zero attached hydrogens (tertiary/aromatic N) is 2. The van der Waals surface area contributed by atoms with Gasteiger partial charge in [-0.05, 0) is 93.2 Å². The Morgan fingerprint density at radius 3 is 2.09 bits per heavy atom. The van der Waals surface area contributed by atoms with Crippen molar-refractivity contribution in [3.8, 4) is 17.2 Å². The maximum atomic E-state index is 10.4. The van der Waals surface area contributed by atoms with Crippen LogP contribution in [0.5, 0.6) is 17.2 Å². The first-order valence-corrected chi connectivity index (χ1v) is 19.6. The molecular weight excluding hydrogens is 724 g/mol. The monoisotopic (exact) mass is 774 g/mol. The highest BCUT2D eigenvalue weighted by Crippen LogP contribution is 2.50. The molecule has 2 heterocycles. The summed E-state index contributed by atoms with van der Waals surface area (Å²) in [4.78, 5) is 2.03. The number of halogens is 1. The first-order chi connectivity index (χ1) is 25.4. The Morgan fingerprint density at radius 1 is 0.889 bits per heavy atom. The van der Waals surface area contributed by atoms with Crippen molar-refractivity contribution in [3.05, 3.63) is 117 Å². The molecule has 3 aliphatic rings. The van der Waals surface area contributed by atoms with Crippen molar-refractivity contribution in [2.75, 3.05) is 40.3 Å². The summed E-state index contributed by atoms with van der Waals surface area (Å²) < 4.78 is 50.1. The molecule has 54 heavy (non-hydrogen) atoms. The summed E-state index contributed by atoms with van der Waals surface area (Å²) in [6.07, 6.45) is 11.7. The average Bonchev–Trinajstić information content (AvgIpc) is 3.44. The van der Waals surface area contributed by atoms with Gasteiger partial charge in [0.25, 0.3) is 0 Å². The topological polar surface area (TPSA) is 111 Å². The van der Waals surface area contributed by atoms with Gasteiger partial charge in [0.15, 0.2) is 17.2 Å². The molecule has 2 aliphatic heterocycles. The van der Waals surface area contributed by atoms with Crippen molar-refractivity contribution in [2.24, 2.45) is 0 Å². The smallest absolute Gasteiger partial charge is 0.213 e. The lowest BCUT2D eigenvalue weighted by molar-refractivity contribution is -0.401. The van der Waals surface area contributed by atoms with Crippen LogP contribution in [-0.2, 0) is 27.6 Å². The van der Waals surface area contributed by atoms with Crippen LogP contribution in [0.2, 0.25) is 0 Å². The summed E-state index contributed by atoms with van der Waals surface area (Å²) >= 11 is 7.09. The van der Waals surface area contributed by atoms with Crippen LogP contribution < -0.4 is 19.1 Å². The van der Waals surface area contributed by atoms with Gasteiger partial charge in [-0.3, -0.25) is 0 Å². The zero-order valence-corrected chi connectivity index (χ0v) is 34.4. The number of aryl methyl sites for hydroxylation is 1. The molecule has 1 aliphatic carbocycles. The van der Waals surface area contributed by atoms with Crippen molar-refractivity contribution in [3.63, 3.8) is 0 Å². The largest absolute Gasteiger partial charge is 0.744 e. The third-order valence-electron chi connectivity index (χ3n) is 10.8. The van der Waals surface area contributed by atoms with Crippen molar-refractivity contribution in [1.82, 2.24) is 0 Å². The van der Waals surface area contributed by atoms with Crippen molar-refractivity contribution < 1.29 is 36.9 Å². The first-order valence-electron chi connectivity index (χ1n) is 17.8. The van der Waals surface area contributed by atoms with Gasteiger partial charge in [0.2, 0.25) is 5.69 Å². The maximum absolute atomic E-state index is 10.4. The summed E-state index contributed by atoms with van der Waals surface area (Å²) in [7, 11) is 4.90. The molecule has 11 heteroatoms. The quantitative estimate of drug-likeness (QED) is 0.179. The number of aliphatic hydroxyl groups excluding tert-OH is 1. The third kappa shape index (κ3) is 7.75. The lowest BCUT2D eigenvalue weighted by Gasteiger charge is -2.24. The van der Waals surface area contributed by atoms with Crippen LogP contribution in [0, 0.1) is 6.92 Å².